The molecular weight excluding hydrogens is 172 g/mol. The van der Waals surface area contributed by atoms with E-state index in [1.165, 1.54) is 12.1 Å². The predicted molar refractivity (Wildman–Crippen MR) is 58.3 cm³/mol. The minimum atomic E-state index is 0.440. The molecule has 0 N–H and O–H groups in total. The molecule has 1 atom stereocenters. The van der Waals surface area contributed by atoms with Crippen molar-refractivity contribution in [2.75, 3.05) is 18.0 Å². The maximum absolute atomic E-state index is 6.92. The monoisotopic (exact) mass is 186 g/mol. The molecule has 0 spiro atoms. The molecule has 0 aromatic heterocycles. The lowest BCUT2D eigenvalue weighted by Crippen LogP contribution is -2.30. The fraction of sp³-hybridized carbons (Fsp3) is 0.417. The van der Waals surface area contributed by atoms with Crippen molar-refractivity contribution in [1.29, 1.82) is 0 Å². The molecule has 0 saturated carbocycles. The molecule has 1 aliphatic heterocycles. The number of hydrogen-bond donors (Lipinski definition) is 0. The first-order valence-corrected chi connectivity index (χ1v) is 5.07. The van der Waals surface area contributed by atoms with Crippen molar-refractivity contribution in [2.24, 2.45) is 0 Å². The second-order valence-electron chi connectivity index (χ2n) is 3.67. The second kappa shape index (κ2) is 4.15. The molecule has 1 aromatic rings. The molecule has 1 fully saturated rings. The van der Waals surface area contributed by atoms with Gasteiger partial charge in [-0.05, 0) is 25.0 Å². The van der Waals surface area contributed by atoms with E-state index in [0.717, 1.165) is 13.0 Å². The fourth-order valence-corrected chi connectivity index (χ4v) is 2.09. The molecule has 72 valence electrons. The van der Waals surface area contributed by atoms with Crippen LogP contribution in [-0.2, 0) is 0 Å². The summed E-state index contributed by atoms with van der Waals surface area (Å²) in [5.41, 5.74) is 1.26. The summed E-state index contributed by atoms with van der Waals surface area (Å²) in [5, 5.41) is 0. The summed E-state index contributed by atoms with van der Waals surface area (Å²) in [5.74, 6) is 0. The first-order chi connectivity index (χ1) is 6.92. The van der Waals surface area contributed by atoms with Crippen LogP contribution in [0.5, 0.6) is 0 Å². The van der Waals surface area contributed by atoms with Gasteiger partial charge in [0.05, 0.1) is 0 Å². The lowest BCUT2D eigenvalue weighted by atomic mass is 10.2. The number of rotatable bonds is 2. The van der Waals surface area contributed by atoms with Gasteiger partial charge in [0.2, 0.25) is 6.54 Å². The summed E-state index contributed by atoms with van der Waals surface area (Å²) in [6, 6.07) is 10.8. The summed E-state index contributed by atoms with van der Waals surface area (Å²) >= 11 is 0. The average molecular weight is 186 g/mol. The number of hydrogen-bond acceptors (Lipinski definition) is 1. The molecule has 1 saturated heterocycles. The molecule has 2 rings (SSSR count). The molecule has 2 nitrogen and oxygen atoms in total. The molecule has 1 unspecified atom stereocenters. The quantitative estimate of drug-likeness (QED) is 0.644. The minimum Gasteiger partial charge on any atom is -0.361 e. The summed E-state index contributed by atoms with van der Waals surface area (Å²) in [7, 11) is 0. The molecule has 1 aliphatic rings. The normalized spacial score (nSPS) is 20.8. The number of benzene rings is 1. The van der Waals surface area contributed by atoms with E-state index >= 15 is 0 Å². The Morgan fingerprint density at radius 2 is 2.14 bits per heavy atom. The molecule has 1 heterocycles. The Morgan fingerprint density at radius 1 is 1.36 bits per heavy atom. The molecule has 14 heavy (non-hydrogen) atoms. The van der Waals surface area contributed by atoms with Gasteiger partial charge in [-0.1, -0.05) is 18.2 Å². The van der Waals surface area contributed by atoms with Crippen molar-refractivity contribution >= 4 is 5.69 Å². The van der Waals surface area contributed by atoms with Gasteiger partial charge in [0, 0.05) is 12.2 Å². The standard InChI is InChI=1S/C12H14N2/c1-13-10-12-8-5-9-14(12)11-6-3-2-4-7-11/h2-4,6-7,12H,5,8-10H2. The highest BCUT2D eigenvalue weighted by Gasteiger charge is 2.26. The van der Waals surface area contributed by atoms with E-state index in [-0.39, 0.29) is 0 Å². The summed E-state index contributed by atoms with van der Waals surface area (Å²) < 4.78 is 0. The number of nitrogens with zero attached hydrogens (tertiary/aromatic N) is 2. The van der Waals surface area contributed by atoms with Gasteiger partial charge in [-0.3, -0.25) is 0 Å². The van der Waals surface area contributed by atoms with Crippen molar-refractivity contribution in [3.05, 3.63) is 41.7 Å². The van der Waals surface area contributed by atoms with Gasteiger partial charge in [0.15, 0.2) is 0 Å². The third kappa shape index (κ3) is 1.72. The largest absolute Gasteiger partial charge is 0.361 e. The van der Waals surface area contributed by atoms with Crippen LogP contribution in [0.1, 0.15) is 12.8 Å². The Balaban J connectivity index is 2.14. The van der Waals surface area contributed by atoms with E-state index in [2.05, 4.69) is 34.0 Å². The molecule has 0 bridgehead atoms. The van der Waals surface area contributed by atoms with Crippen molar-refractivity contribution in [2.45, 2.75) is 18.9 Å². The summed E-state index contributed by atoms with van der Waals surface area (Å²) in [4.78, 5) is 5.86. The van der Waals surface area contributed by atoms with E-state index in [1.807, 2.05) is 6.07 Å². The van der Waals surface area contributed by atoms with Gasteiger partial charge in [0.25, 0.3) is 0 Å². The first-order valence-electron chi connectivity index (χ1n) is 5.07. The van der Waals surface area contributed by atoms with Crippen molar-refractivity contribution in [3.63, 3.8) is 0 Å². The highest BCUT2D eigenvalue weighted by molar-refractivity contribution is 5.48. The van der Waals surface area contributed by atoms with E-state index < -0.39 is 0 Å². The number of para-hydroxylation sites is 1. The Bertz CT molecular complexity index is 326. The lowest BCUT2D eigenvalue weighted by Gasteiger charge is -2.22. The summed E-state index contributed by atoms with van der Waals surface area (Å²) in [6.45, 7) is 8.65. The Morgan fingerprint density at radius 3 is 2.86 bits per heavy atom. The average Bonchev–Trinajstić information content (AvgIpc) is 2.68. The molecule has 0 aliphatic carbocycles. The van der Waals surface area contributed by atoms with Crippen LogP contribution in [0.2, 0.25) is 0 Å². The maximum Gasteiger partial charge on any atom is 0.234 e. The van der Waals surface area contributed by atoms with Gasteiger partial charge >= 0.3 is 0 Å². The Hall–Kier alpha value is -1.49. The molecule has 0 amide bonds. The van der Waals surface area contributed by atoms with Crippen LogP contribution in [0.25, 0.3) is 4.85 Å². The van der Waals surface area contributed by atoms with Crippen LogP contribution >= 0.6 is 0 Å². The van der Waals surface area contributed by atoms with Gasteiger partial charge in [-0.25, -0.2) is 6.57 Å². The maximum atomic E-state index is 6.92. The lowest BCUT2D eigenvalue weighted by molar-refractivity contribution is 0.715. The smallest absolute Gasteiger partial charge is 0.234 e. The number of anilines is 1. The van der Waals surface area contributed by atoms with E-state index in [4.69, 9.17) is 6.57 Å². The van der Waals surface area contributed by atoms with Crippen LogP contribution in [0.3, 0.4) is 0 Å². The third-order valence-electron chi connectivity index (χ3n) is 2.77. The van der Waals surface area contributed by atoms with Crippen molar-refractivity contribution in [3.8, 4) is 0 Å². The first kappa shape index (κ1) is 9.08. The second-order valence-corrected chi connectivity index (χ2v) is 3.67. The predicted octanol–water partition coefficient (Wildman–Crippen LogP) is 2.57. The van der Waals surface area contributed by atoms with Crippen LogP contribution in [0.15, 0.2) is 30.3 Å². The topological polar surface area (TPSA) is 7.60 Å². The Labute approximate surface area is 85.0 Å². The molecular formula is C12H14N2. The van der Waals surface area contributed by atoms with Crippen LogP contribution < -0.4 is 4.90 Å². The van der Waals surface area contributed by atoms with Crippen LogP contribution in [-0.4, -0.2) is 19.1 Å². The van der Waals surface area contributed by atoms with E-state index in [0.29, 0.717) is 12.6 Å². The minimum absolute atomic E-state index is 0.440. The van der Waals surface area contributed by atoms with Crippen LogP contribution in [0, 0.1) is 6.57 Å². The SMILES string of the molecule is [C-]#[N+]CC1CCCN1c1ccccc1. The zero-order valence-corrected chi connectivity index (χ0v) is 8.19. The molecule has 1 aromatic carbocycles. The van der Waals surface area contributed by atoms with Crippen molar-refractivity contribution in [1.82, 2.24) is 0 Å². The van der Waals surface area contributed by atoms with Gasteiger partial charge in [-0.2, -0.15) is 0 Å². The van der Waals surface area contributed by atoms with Gasteiger partial charge < -0.3 is 9.74 Å². The fourth-order valence-electron chi connectivity index (χ4n) is 2.09. The zero-order valence-electron chi connectivity index (χ0n) is 8.19. The summed E-state index contributed by atoms with van der Waals surface area (Å²) in [6.07, 6.45) is 2.38. The zero-order chi connectivity index (χ0) is 9.80. The highest BCUT2D eigenvalue weighted by atomic mass is 15.2. The Kier molecular flexibility index (Phi) is 2.69. The highest BCUT2D eigenvalue weighted by Crippen LogP contribution is 2.25. The molecule has 2 heteroatoms. The van der Waals surface area contributed by atoms with Crippen molar-refractivity contribution < 1.29 is 0 Å². The third-order valence-corrected chi connectivity index (χ3v) is 2.77. The van der Waals surface area contributed by atoms with E-state index in [9.17, 15) is 0 Å². The van der Waals surface area contributed by atoms with Gasteiger partial charge in [0.1, 0.15) is 6.04 Å². The van der Waals surface area contributed by atoms with Gasteiger partial charge in [-0.15, -0.1) is 0 Å². The molecule has 0 radical (unpaired) electrons. The van der Waals surface area contributed by atoms with Crippen LogP contribution in [0.4, 0.5) is 5.69 Å². The van der Waals surface area contributed by atoms with E-state index in [1.54, 1.807) is 0 Å².